The second-order valence-electron chi connectivity index (χ2n) is 5.05. The van der Waals surface area contributed by atoms with Crippen LogP contribution in [0.5, 0.6) is 0 Å². The molecule has 2 atom stereocenters. The van der Waals surface area contributed by atoms with E-state index in [1.54, 1.807) is 0 Å². The lowest BCUT2D eigenvalue weighted by Crippen LogP contribution is -2.37. The Hall–Kier alpha value is -0.370. The molecule has 1 aliphatic carbocycles. The molecule has 0 aromatic carbocycles. The van der Waals surface area contributed by atoms with Crippen LogP contribution in [-0.4, -0.2) is 17.0 Å². The SMILES string of the molecule is CCC(=O)C1(C)CC(O)CC1(C)C. The van der Waals surface area contributed by atoms with Gasteiger partial charge in [-0.3, -0.25) is 4.79 Å². The molecule has 0 aromatic heterocycles. The second-order valence-corrected chi connectivity index (χ2v) is 5.05. The highest BCUT2D eigenvalue weighted by molar-refractivity contribution is 5.85. The third-order valence-corrected chi connectivity index (χ3v) is 3.82. The van der Waals surface area contributed by atoms with E-state index in [0.29, 0.717) is 12.8 Å². The van der Waals surface area contributed by atoms with Gasteiger partial charge in [0, 0.05) is 11.8 Å². The molecule has 1 saturated carbocycles. The maximum atomic E-state index is 11.8. The summed E-state index contributed by atoms with van der Waals surface area (Å²) in [5.74, 6) is 0.286. The standard InChI is InChI=1S/C11H20O2/c1-5-9(13)11(4)7-8(12)6-10(11,2)3/h8,12H,5-7H2,1-4H3. The Labute approximate surface area is 80.3 Å². The van der Waals surface area contributed by atoms with Gasteiger partial charge in [0.2, 0.25) is 0 Å². The van der Waals surface area contributed by atoms with Gasteiger partial charge in [-0.1, -0.05) is 27.7 Å². The number of aliphatic hydroxyl groups excluding tert-OH is 1. The third kappa shape index (κ3) is 1.52. The smallest absolute Gasteiger partial charge is 0.139 e. The van der Waals surface area contributed by atoms with Crippen molar-refractivity contribution in [3.63, 3.8) is 0 Å². The highest BCUT2D eigenvalue weighted by Gasteiger charge is 2.52. The van der Waals surface area contributed by atoms with Crippen molar-refractivity contribution in [3.05, 3.63) is 0 Å². The first-order chi connectivity index (χ1) is 5.83. The maximum absolute atomic E-state index is 11.8. The van der Waals surface area contributed by atoms with Crippen molar-refractivity contribution < 1.29 is 9.90 Å². The second kappa shape index (κ2) is 3.09. The van der Waals surface area contributed by atoms with E-state index < -0.39 is 0 Å². The summed E-state index contributed by atoms with van der Waals surface area (Å²) in [6.45, 7) is 8.05. The number of aliphatic hydroxyl groups is 1. The summed E-state index contributed by atoms with van der Waals surface area (Å²) in [6.07, 6.45) is 1.66. The van der Waals surface area contributed by atoms with Crippen LogP contribution in [0.15, 0.2) is 0 Å². The molecule has 76 valence electrons. The number of carbonyl (C=O) groups excluding carboxylic acids is 1. The maximum Gasteiger partial charge on any atom is 0.139 e. The molecule has 0 heterocycles. The van der Waals surface area contributed by atoms with Crippen molar-refractivity contribution in [2.24, 2.45) is 10.8 Å². The van der Waals surface area contributed by atoms with Crippen molar-refractivity contribution in [1.29, 1.82) is 0 Å². The summed E-state index contributed by atoms with van der Waals surface area (Å²) in [5.41, 5.74) is -0.374. The summed E-state index contributed by atoms with van der Waals surface area (Å²) in [7, 11) is 0. The van der Waals surface area contributed by atoms with Crippen LogP contribution in [0.25, 0.3) is 0 Å². The lowest BCUT2D eigenvalue weighted by atomic mass is 9.66. The van der Waals surface area contributed by atoms with Crippen molar-refractivity contribution in [2.75, 3.05) is 0 Å². The number of ketones is 1. The lowest BCUT2D eigenvalue weighted by Gasteiger charge is -2.36. The van der Waals surface area contributed by atoms with E-state index in [0.717, 1.165) is 6.42 Å². The van der Waals surface area contributed by atoms with Crippen LogP contribution in [0.4, 0.5) is 0 Å². The van der Waals surface area contributed by atoms with E-state index in [1.807, 2.05) is 13.8 Å². The minimum atomic E-state index is -0.318. The average Bonchev–Trinajstić information content (AvgIpc) is 2.20. The topological polar surface area (TPSA) is 37.3 Å². The molecule has 0 radical (unpaired) electrons. The van der Waals surface area contributed by atoms with Gasteiger partial charge in [0.15, 0.2) is 0 Å². The van der Waals surface area contributed by atoms with Gasteiger partial charge in [-0.25, -0.2) is 0 Å². The van der Waals surface area contributed by atoms with Crippen molar-refractivity contribution in [3.8, 4) is 0 Å². The molecule has 1 N–H and O–H groups in total. The monoisotopic (exact) mass is 184 g/mol. The molecule has 2 nitrogen and oxygen atoms in total. The van der Waals surface area contributed by atoms with Gasteiger partial charge < -0.3 is 5.11 Å². The van der Waals surface area contributed by atoms with Crippen LogP contribution in [0.1, 0.15) is 47.0 Å². The fourth-order valence-electron chi connectivity index (χ4n) is 2.52. The summed E-state index contributed by atoms with van der Waals surface area (Å²) in [4.78, 5) is 11.8. The first-order valence-corrected chi connectivity index (χ1v) is 5.05. The molecule has 1 rings (SSSR count). The van der Waals surface area contributed by atoms with Crippen LogP contribution >= 0.6 is 0 Å². The fourth-order valence-corrected chi connectivity index (χ4v) is 2.52. The molecule has 13 heavy (non-hydrogen) atoms. The number of hydrogen-bond donors (Lipinski definition) is 1. The zero-order valence-corrected chi connectivity index (χ0v) is 9.05. The molecule has 1 fully saturated rings. The summed E-state index contributed by atoms with van der Waals surface area (Å²) < 4.78 is 0. The van der Waals surface area contributed by atoms with Gasteiger partial charge in [-0.2, -0.15) is 0 Å². The predicted molar refractivity (Wildman–Crippen MR) is 52.4 cm³/mol. The highest BCUT2D eigenvalue weighted by atomic mass is 16.3. The zero-order valence-electron chi connectivity index (χ0n) is 9.05. The Kier molecular flexibility index (Phi) is 2.54. The van der Waals surface area contributed by atoms with Crippen LogP contribution in [0.3, 0.4) is 0 Å². The van der Waals surface area contributed by atoms with E-state index in [-0.39, 0.29) is 22.7 Å². The zero-order chi connectivity index (χ0) is 10.3. The van der Waals surface area contributed by atoms with Crippen molar-refractivity contribution in [2.45, 2.75) is 53.1 Å². The minimum Gasteiger partial charge on any atom is -0.393 e. The van der Waals surface area contributed by atoms with Gasteiger partial charge in [-0.05, 0) is 18.3 Å². The van der Waals surface area contributed by atoms with E-state index in [1.165, 1.54) is 0 Å². The van der Waals surface area contributed by atoms with Crippen LogP contribution in [0, 0.1) is 10.8 Å². The Balaban J connectivity index is 2.95. The van der Waals surface area contributed by atoms with Crippen molar-refractivity contribution >= 4 is 5.78 Å². The van der Waals surface area contributed by atoms with Gasteiger partial charge in [-0.15, -0.1) is 0 Å². The lowest BCUT2D eigenvalue weighted by molar-refractivity contribution is -0.132. The molecule has 1 aliphatic rings. The Morgan fingerprint density at radius 1 is 1.38 bits per heavy atom. The molecular weight excluding hydrogens is 164 g/mol. The largest absolute Gasteiger partial charge is 0.393 e. The fraction of sp³-hybridized carbons (Fsp3) is 0.909. The molecular formula is C11H20O2. The van der Waals surface area contributed by atoms with E-state index >= 15 is 0 Å². The van der Waals surface area contributed by atoms with Gasteiger partial charge in [0.05, 0.1) is 6.10 Å². The number of hydrogen-bond acceptors (Lipinski definition) is 2. The summed E-state index contributed by atoms with van der Waals surface area (Å²) in [5, 5.41) is 9.59. The quantitative estimate of drug-likeness (QED) is 0.714. The summed E-state index contributed by atoms with van der Waals surface area (Å²) in [6, 6.07) is 0. The molecule has 0 bridgehead atoms. The predicted octanol–water partition coefficient (Wildman–Crippen LogP) is 2.15. The molecule has 0 amide bonds. The highest BCUT2D eigenvalue weighted by Crippen LogP contribution is 2.53. The molecule has 0 aliphatic heterocycles. The average molecular weight is 184 g/mol. The van der Waals surface area contributed by atoms with Crippen molar-refractivity contribution in [1.82, 2.24) is 0 Å². The number of Topliss-reactive ketones (excluding diaryl/α,β-unsaturated/α-hetero) is 1. The Bertz CT molecular complexity index is 220. The van der Waals surface area contributed by atoms with E-state index in [2.05, 4.69) is 13.8 Å². The van der Waals surface area contributed by atoms with Crippen LogP contribution in [-0.2, 0) is 4.79 Å². The Morgan fingerprint density at radius 3 is 2.23 bits per heavy atom. The van der Waals surface area contributed by atoms with E-state index in [9.17, 15) is 9.90 Å². The molecule has 2 unspecified atom stereocenters. The number of carbonyl (C=O) groups is 1. The van der Waals surface area contributed by atoms with E-state index in [4.69, 9.17) is 0 Å². The molecule has 0 saturated heterocycles. The third-order valence-electron chi connectivity index (χ3n) is 3.82. The minimum absolute atomic E-state index is 0.0560. The van der Waals surface area contributed by atoms with Crippen LogP contribution in [0.2, 0.25) is 0 Å². The molecule has 0 spiro atoms. The van der Waals surface area contributed by atoms with Gasteiger partial charge >= 0.3 is 0 Å². The molecule has 0 aromatic rings. The summed E-state index contributed by atoms with van der Waals surface area (Å²) >= 11 is 0. The molecule has 2 heteroatoms. The first kappa shape index (κ1) is 10.7. The van der Waals surface area contributed by atoms with Crippen LogP contribution < -0.4 is 0 Å². The normalized spacial score (nSPS) is 37.8. The van der Waals surface area contributed by atoms with Gasteiger partial charge in [0.1, 0.15) is 5.78 Å². The first-order valence-electron chi connectivity index (χ1n) is 5.05. The number of rotatable bonds is 2. The Morgan fingerprint density at radius 2 is 1.92 bits per heavy atom. The van der Waals surface area contributed by atoms with Gasteiger partial charge in [0.25, 0.3) is 0 Å².